The second kappa shape index (κ2) is 6.27. The van der Waals surface area contributed by atoms with E-state index in [0.717, 1.165) is 12.8 Å². The van der Waals surface area contributed by atoms with Crippen LogP contribution in [0.3, 0.4) is 0 Å². The van der Waals surface area contributed by atoms with Crippen molar-refractivity contribution in [3.8, 4) is 0 Å². The molecule has 0 aromatic carbocycles. The first-order chi connectivity index (χ1) is 4.81. The SMILES string of the molecule is CC=C/C=C\C(=N)CCC. The summed E-state index contributed by atoms with van der Waals surface area (Å²) in [5.41, 5.74) is 0.709. The van der Waals surface area contributed by atoms with E-state index in [9.17, 15) is 0 Å². The lowest BCUT2D eigenvalue weighted by molar-refractivity contribution is 0.990. The Balaban J connectivity index is 3.56. The van der Waals surface area contributed by atoms with Crippen LogP contribution in [0.5, 0.6) is 0 Å². The summed E-state index contributed by atoms with van der Waals surface area (Å²) in [6, 6.07) is 0. The third kappa shape index (κ3) is 5.29. The van der Waals surface area contributed by atoms with Crippen molar-refractivity contribution < 1.29 is 0 Å². The smallest absolute Gasteiger partial charge is 0.0313 e. The maximum absolute atomic E-state index is 7.35. The molecule has 0 amide bonds. The highest BCUT2D eigenvalue weighted by atomic mass is 14.4. The van der Waals surface area contributed by atoms with Crippen molar-refractivity contribution in [3.63, 3.8) is 0 Å². The van der Waals surface area contributed by atoms with Gasteiger partial charge in [0, 0.05) is 5.71 Å². The van der Waals surface area contributed by atoms with E-state index in [1.165, 1.54) is 0 Å². The zero-order valence-electron chi connectivity index (χ0n) is 6.72. The van der Waals surface area contributed by atoms with Crippen LogP contribution in [0.1, 0.15) is 26.7 Å². The van der Waals surface area contributed by atoms with Gasteiger partial charge in [-0.25, -0.2) is 0 Å². The van der Waals surface area contributed by atoms with Crippen LogP contribution in [0.25, 0.3) is 0 Å². The van der Waals surface area contributed by atoms with Crippen LogP contribution < -0.4 is 0 Å². The van der Waals surface area contributed by atoms with Crippen LogP contribution in [0, 0.1) is 5.41 Å². The number of nitrogens with one attached hydrogen (secondary N) is 1. The quantitative estimate of drug-likeness (QED) is 0.455. The maximum atomic E-state index is 7.35. The first-order valence-corrected chi connectivity index (χ1v) is 3.68. The van der Waals surface area contributed by atoms with Gasteiger partial charge in [0.25, 0.3) is 0 Å². The summed E-state index contributed by atoms with van der Waals surface area (Å²) in [5.74, 6) is 0. The topological polar surface area (TPSA) is 23.9 Å². The Hall–Kier alpha value is -0.850. The zero-order valence-corrected chi connectivity index (χ0v) is 6.72. The molecule has 0 aliphatic heterocycles. The molecule has 56 valence electrons. The number of hydrogen-bond acceptors (Lipinski definition) is 1. The largest absolute Gasteiger partial charge is 0.305 e. The summed E-state index contributed by atoms with van der Waals surface area (Å²) >= 11 is 0. The summed E-state index contributed by atoms with van der Waals surface area (Å²) in [6.45, 7) is 4.05. The highest BCUT2D eigenvalue weighted by Gasteiger charge is 1.84. The zero-order chi connectivity index (χ0) is 7.82. The summed E-state index contributed by atoms with van der Waals surface area (Å²) in [7, 11) is 0. The Bertz CT molecular complexity index is 143. The van der Waals surface area contributed by atoms with Crippen LogP contribution in [0.4, 0.5) is 0 Å². The molecule has 0 aromatic rings. The average molecular weight is 137 g/mol. The van der Waals surface area contributed by atoms with E-state index < -0.39 is 0 Å². The monoisotopic (exact) mass is 137 g/mol. The van der Waals surface area contributed by atoms with Gasteiger partial charge in [0.2, 0.25) is 0 Å². The summed E-state index contributed by atoms with van der Waals surface area (Å²) in [4.78, 5) is 0. The predicted octanol–water partition coefficient (Wildman–Crippen LogP) is 2.94. The van der Waals surface area contributed by atoms with E-state index in [2.05, 4.69) is 6.92 Å². The molecule has 0 fully saturated rings. The lowest BCUT2D eigenvalue weighted by atomic mass is 10.2. The Kier molecular flexibility index (Phi) is 5.74. The molecule has 10 heavy (non-hydrogen) atoms. The van der Waals surface area contributed by atoms with Crippen molar-refractivity contribution in [1.82, 2.24) is 0 Å². The molecule has 0 bridgehead atoms. The minimum Gasteiger partial charge on any atom is -0.305 e. The van der Waals surface area contributed by atoms with Gasteiger partial charge in [-0.2, -0.15) is 0 Å². The molecule has 0 atom stereocenters. The number of rotatable bonds is 4. The van der Waals surface area contributed by atoms with E-state index in [1.807, 2.05) is 31.2 Å². The van der Waals surface area contributed by atoms with E-state index in [1.54, 1.807) is 0 Å². The summed E-state index contributed by atoms with van der Waals surface area (Å²) in [6.07, 6.45) is 9.56. The highest BCUT2D eigenvalue weighted by Crippen LogP contribution is 1.91. The van der Waals surface area contributed by atoms with Gasteiger partial charge in [-0.3, -0.25) is 0 Å². The molecule has 0 aliphatic carbocycles. The lowest BCUT2D eigenvalue weighted by Gasteiger charge is -1.89. The van der Waals surface area contributed by atoms with Crippen molar-refractivity contribution >= 4 is 5.71 Å². The van der Waals surface area contributed by atoms with Crippen molar-refractivity contribution in [2.24, 2.45) is 0 Å². The van der Waals surface area contributed by atoms with E-state index in [-0.39, 0.29) is 0 Å². The van der Waals surface area contributed by atoms with E-state index in [4.69, 9.17) is 5.41 Å². The van der Waals surface area contributed by atoms with Crippen molar-refractivity contribution in [3.05, 3.63) is 24.3 Å². The van der Waals surface area contributed by atoms with Crippen LogP contribution in [-0.2, 0) is 0 Å². The predicted molar refractivity (Wildman–Crippen MR) is 46.6 cm³/mol. The molecule has 0 unspecified atom stereocenters. The first-order valence-electron chi connectivity index (χ1n) is 3.68. The molecule has 0 rings (SSSR count). The Morgan fingerprint density at radius 3 is 2.60 bits per heavy atom. The van der Waals surface area contributed by atoms with Crippen molar-refractivity contribution in [2.45, 2.75) is 26.7 Å². The molecule has 1 nitrogen and oxygen atoms in total. The van der Waals surface area contributed by atoms with E-state index >= 15 is 0 Å². The molecular weight excluding hydrogens is 122 g/mol. The van der Waals surface area contributed by atoms with Crippen LogP contribution in [0.15, 0.2) is 24.3 Å². The van der Waals surface area contributed by atoms with Crippen molar-refractivity contribution in [2.75, 3.05) is 0 Å². The van der Waals surface area contributed by atoms with Gasteiger partial charge < -0.3 is 5.41 Å². The fourth-order valence-electron chi connectivity index (χ4n) is 0.635. The third-order valence-corrected chi connectivity index (χ3v) is 1.12. The molecule has 0 aliphatic rings. The van der Waals surface area contributed by atoms with Gasteiger partial charge in [0.1, 0.15) is 0 Å². The number of allylic oxidation sites excluding steroid dienone is 4. The van der Waals surface area contributed by atoms with Gasteiger partial charge in [-0.05, 0) is 19.4 Å². The van der Waals surface area contributed by atoms with E-state index in [0.29, 0.717) is 5.71 Å². The normalized spacial score (nSPS) is 11.4. The molecule has 0 radical (unpaired) electrons. The third-order valence-electron chi connectivity index (χ3n) is 1.12. The van der Waals surface area contributed by atoms with Gasteiger partial charge in [-0.15, -0.1) is 0 Å². The van der Waals surface area contributed by atoms with Crippen LogP contribution in [0.2, 0.25) is 0 Å². The fraction of sp³-hybridized carbons (Fsp3) is 0.444. The first kappa shape index (κ1) is 9.15. The minimum atomic E-state index is 0.709. The molecule has 0 heterocycles. The van der Waals surface area contributed by atoms with Crippen LogP contribution >= 0.6 is 0 Å². The van der Waals surface area contributed by atoms with Crippen LogP contribution in [-0.4, -0.2) is 5.71 Å². The molecule has 0 aromatic heterocycles. The second-order valence-electron chi connectivity index (χ2n) is 2.16. The fourth-order valence-corrected chi connectivity index (χ4v) is 0.635. The van der Waals surface area contributed by atoms with Gasteiger partial charge >= 0.3 is 0 Å². The lowest BCUT2D eigenvalue weighted by Crippen LogP contribution is -1.87. The summed E-state index contributed by atoms with van der Waals surface area (Å²) in [5, 5.41) is 7.35. The molecular formula is C9H15N. The molecule has 0 saturated heterocycles. The number of hydrogen-bond donors (Lipinski definition) is 1. The molecule has 0 spiro atoms. The second-order valence-corrected chi connectivity index (χ2v) is 2.16. The maximum Gasteiger partial charge on any atom is 0.0313 e. The van der Waals surface area contributed by atoms with Gasteiger partial charge in [-0.1, -0.05) is 31.6 Å². The molecule has 0 saturated carbocycles. The highest BCUT2D eigenvalue weighted by molar-refractivity contribution is 5.92. The van der Waals surface area contributed by atoms with Crippen molar-refractivity contribution in [1.29, 1.82) is 5.41 Å². The van der Waals surface area contributed by atoms with Gasteiger partial charge in [0.05, 0.1) is 0 Å². The minimum absolute atomic E-state index is 0.709. The Labute approximate surface area is 63.0 Å². The Morgan fingerprint density at radius 2 is 2.10 bits per heavy atom. The van der Waals surface area contributed by atoms with Gasteiger partial charge in [0.15, 0.2) is 0 Å². The standard InChI is InChI=1S/C9H15N/c1-3-5-6-8-9(10)7-4-2/h3,5-6,8,10H,4,7H2,1-2H3/b5-3?,8-6-,10-9?. The molecule has 1 N–H and O–H groups in total. The average Bonchev–Trinajstić information content (AvgIpc) is 1.89. The summed E-state index contributed by atoms with van der Waals surface area (Å²) < 4.78 is 0. The molecule has 1 heteroatoms. The Morgan fingerprint density at radius 1 is 1.40 bits per heavy atom.